The maximum Gasteiger partial charge on any atom is 0.322 e. The second kappa shape index (κ2) is 9.93. The predicted molar refractivity (Wildman–Crippen MR) is 144 cm³/mol. The van der Waals surface area contributed by atoms with E-state index in [4.69, 9.17) is 0 Å². The van der Waals surface area contributed by atoms with Gasteiger partial charge in [0.15, 0.2) is 0 Å². The molecule has 0 bridgehead atoms. The summed E-state index contributed by atoms with van der Waals surface area (Å²) < 4.78 is 15.9. The quantitative estimate of drug-likeness (QED) is 0.352. The fraction of sp³-hybridized carbons (Fsp3) is 0.200. The molecule has 3 aromatic carbocycles. The smallest absolute Gasteiger partial charge is 0.316 e. The van der Waals surface area contributed by atoms with Crippen LogP contribution in [0, 0.1) is 12.7 Å². The Labute approximate surface area is 215 Å². The minimum atomic E-state index is -0.480. The van der Waals surface area contributed by atoms with Crippen LogP contribution in [0.1, 0.15) is 36.7 Å². The fourth-order valence-electron chi connectivity index (χ4n) is 4.85. The van der Waals surface area contributed by atoms with Gasteiger partial charge in [0.1, 0.15) is 18.4 Å². The molecule has 1 unspecified atom stereocenters. The molecule has 1 aromatic heterocycles. The zero-order valence-electron chi connectivity index (χ0n) is 21.1. The van der Waals surface area contributed by atoms with Crippen molar-refractivity contribution in [1.29, 1.82) is 0 Å². The molecular weight excluding hydrogens is 467 g/mol. The Morgan fingerprint density at radius 3 is 2.38 bits per heavy atom. The minimum absolute atomic E-state index is 0.123. The molecule has 0 aliphatic carbocycles. The van der Waals surface area contributed by atoms with E-state index in [2.05, 4.69) is 9.88 Å². The number of anilines is 2. The summed E-state index contributed by atoms with van der Waals surface area (Å²) in [4.78, 5) is 30.6. The first-order valence-corrected chi connectivity index (χ1v) is 12.3. The monoisotopic (exact) mass is 496 g/mol. The molecule has 6 nitrogen and oxygen atoms in total. The zero-order chi connectivity index (χ0) is 26.1. The standard InChI is InChI=1S/C30H29FN4O2/c1-20(2)34(30(37)32-24-9-6-8-21(3)18-24)19-28(36)35-26-11-5-4-10-25(26)33-17-7-12-27(33)29(35)22-13-15-23(31)16-14-22/h4-18,20,29H,19H2,1-3H3,(H,32,37). The van der Waals surface area contributed by atoms with E-state index in [1.807, 2.05) is 87.6 Å². The van der Waals surface area contributed by atoms with Gasteiger partial charge in [-0.25, -0.2) is 9.18 Å². The van der Waals surface area contributed by atoms with E-state index in [1.54, 1.807) is 17.0 Å². The molecule has 0 saturated carbocycles. The Balaban J connectivity index is 1.51. The van der Waals surface area contributed by atoms with Gasteiger partial charge < -0.3 is 14.8 Å². The lowest BCUT2D eigenvalue weighted by molar-refractivity contribution is -0.119. The third-order valence-corrected chi connectivity index (χ3v) is 6.63. The minimum Gasteiger partial charge on any atom is -0.316 e. The Morgan fingerprint density at radius 2 is 1.68 bits per heavy atom. The van der Waals surface area contributed by atoms with E-state index >= 15 is 0 Å². The molecule has 0 radical (unpaired) electrons. The fourth-order valence-corrected chi connectivity index (χ4v) is 4.85. The van der Waals surface area contributed by atoms with Crippen molar-refractivity contribution in [1.82, 2.24) is 9.47 Å². The van der Waals surface area contributed by atoms with Crippen LogP contribution in [0.2, 0.25) is 0 Å². The van der Waals surface area contributed by atoms with Gasteiger partial charge in [0.25, 0.3) is 0 Å². The molecule has 3 amide bonds. The number of amides is 3. The molecule has 1 N–H and O–H groups in total. The van der Waals surface area contributed by atoms with Crippen LogP contribution in [0.3, 0.4) is 0 Å². The first kappa shape index (κ1) is 24.3. The number of benzene rings is 3. The number of nitrogens with one attached hydrogen (secondary N) is 1. The highest BCUT2D eigenvalue weighted by Gasteiger charge is 2.37. The molecule has 2 heterocycles. The summed E-state index contributed by atoms with van der Waals surface area (Å²) in [5, 5.41) is 2.92. The molecule has 0 saturated heterocycles. The van der Waals surface area contributed by atoms with Gasteiger partial charge in [0.2, 0.25) is 5.91 Å². The lowest BCUT2D eigenvalue weighted by Crippen LogP contribution is -2.49. The SMILES string of the molecule is Cc1cccc(NC(=O)N(CC(=O)N2c3ccccc3-n3cccc3C2c2ccc(F)cc2)C(C)C)c1. The summed E-state index contributed by atoms with van der Waals surface area (Å²) in [6, 6.07) is 24.3. The number of hydrogen-bond donors (Lipinski definition) is 1. The lowest BCUT2D eigenvalue weighted by Gasteiger charge is -2.40. The number of carbonyl (C=O) groups is 2. The van der Waals surface area contributed by atoms with Crippen molar-refractivity contribution in [2.75, 3.05) is 16.8 Å². The molecular formula is C30H29FN4O2. The van der Waals surface area contributed by atoms with Crippen LogP contribution in [-0.2, 0) is 4.79 Å². The van der Waals surface area contributed by atoms with Gasteiger partial charge in [-0.1, -0.05) is 36.4 Å². The van der Waals surface area contributed by atoms with Crippen molar-refractivity contribution in [2.45, 2.75) is 32.9 Å². The highest BCUT2D eigenvalue weighted by molar-refractivity contribution is 6.01. The van der Waals surface area contributed by atoms with E-state index < -0.39 is 6.04 Å². The van der Waals surface area contributed by atoms with Crippen molar-refractivity contribution in [3.8, 4) is 5.69 Å². The van der Waals surface area contributed by atoms with Gasteiger partial charge >= 0.3 is 6.03 Å². The summed E-state index contributed by atoms with van der Waals surface area (Å²) in [6.07, 6.45) is 1.96. The summed E-state index contributed by atoms with van der Waals surface area (Å²) in [7, 11) is 0. The highest BCUT2D eigenvalue weighted by Crippen LogP contribution is 2.42. The van der Waals surface area contributed by atoms with Gasteiger partial charge in [-0.15, -0.1) is 0 Å². The van der Waals surface area contributed by atoms with Crippen molar-refractivity contribution in [3.05, 3.63) is 114 Å². The van der Waals surface area contributed by atoms with Crippen LogP contribution in [0.15, 0.2) is 91.1 Å². The van der Waals surface area contributed by atoms with Crippen LogP contribution >= 0.6 is 0 Å². The van der Waals surface area contributed by atoms with E-state index in [-0.39, 0.29) is 30.3 Å². The van der Waals surface area contributed by atoms with Gasteiger partial charge in [0, 0.05) is 17.9 Å². The number of rotatable bonds is 5. The van der Waals surface area contributed by atoms with Crippen LogP contribution in [0.4, 0.5) is 20.6 Å². The Hall–Kier alpha value is -4.39. The molecule has 5 rings (SSSR count). The maximum absolute atomic E-state index is 14.1. The van der Waals surface area contributed by atoms with E-state index in [0.29, 0.717) is 5.69 Å². The number of aryl methyl sites for hydroxylation is 1. The Kier molecular flexibility index (Phi) is 6.53. The molecule has 188 valence electrons. The predicted octanol–water partition coefficient (Wildman–Crippen LogP) is 6.30. The number of para-hydroxylation sites is 2. The van der Waals surface area contributed by atoms with Crippen molar-refractivity contribution in [3.63, 3.8) is 0 Å². The Bertz CT molecular complexity index is 1440. The van der Waals surface area contributed by atoms with Crippen LogP contribution in [0.25, 0.3) is 5.69 Å². The summed E-state index contributed by atoms with van der Waals surface area (Å²) in [5.41, 5.74) is 4.97. The van der Waals surface area contributed by atoms with Crippen LogP contribution in [0.5, 0.6) is 0 Å². The number of fused-ring (bicyclic) bond motifs is 3. The summed E-state index contributed by atoms with van der Waals surface area (Å²) in [5.74, 6) is -0.575. The largest absolute Gasteiger partial charge is 0.322 e. The second-order valence-electron chi connectivity index (χ2n) is 9.53. The number of hydrogen-bond acceptors (Lipinski definition) is 2. The zero-order valence-corrected chi connectivity index (χ0v) is 21.1. The molecule has 0 spiro atoms. The van der Waals surface area contributed by atoms with Crippen molar-refractivity contribution in [2.24, 2.45) is 0 Å². The average Bonchev–Trinajstić information content (AvgIpc) is 3.37. The van der Waals surface area contributed by atoms with Gasteiger partial charge in [-0.2, -0.15) is 0 Å². The summed E-state index contributed by atoms with van der Waals surface area (Å²) in [6.45, 7) is 5.60. The normalized spacial score (nSPS) is 14.2. The van der Waals surface area contributed by atoms with Gasteiger partial charge in [0.05, 0.1) is 17.1 Å². The van der Waals surface area contributed by atoms with E-state index in [0.717, 1.165) is 28.2 Å². The number of aromatic nitrogens is 1. The summed E-state index contributed by atoms with van der Waals surface area (Å²) >= 11 is 0. The van der Waals surface area contributed by atoms with Crippen molar-refractivity contribution >= 4 is 23.3 Å². The molecule has 37 heavy (non-hydrogen) atoms. The average molecular weight is 497 g/mol. The van der Waals surface area contributed by atoms with Gasteiger partial charge in [-0.05, 0) is 80.4 Å². The van der Waals surface area contributed by atoms with E-state index in [1.165, 1.54) is 17.0 Å². The second-order valence-corrected chi connectivity index (χ2v) is 9.53. The Morgan fingerprint density at radius 1 is 0.946 bits per heavy atom. The highest BCUT2D eigenvalue weighted by atomic mass is 19.1. The van der Waals surface area contributed by atoms with Crippen LogP contribution < -0.4 is 10.2 Å². The molecule has 1 aliphatic heterocycles. The molecule has 0 fully saturated rings. The number of carbonyl (C=O) groups excluding carboxylic acids is 2. The molecule has 1 atom stereocenters. The third-order valence-electron chi connectivity index (χ3n) is 6.63. The third kappa shape index (κ3) is 4.72. The van der Waals surface area contributed by atoms with Crippen molar-refractivity contribution < 1.29 is 14.0 Å². The lowest BCUT2D eigenvalue weighted by atomic mass is 9.97. The number of nitrogens with zero attached hydrogens (tertiary/aromatic N) is 3. The number of urea groups is 1. The first-order chi connectivity index (χ1) is 17.8. The molecule has 7 heteroatoms. The topological polar surface area (TPSA) is 57.6 Å². The van der Waals surface area contributed by atoms with Gasteiger partial charge in [-0.3, -0.25) is 9.69 Å². The molecule has 4 aromatic rings. The number of halogens is 1. The maximum atomic E-state index is 14.1. The first-order valence-electron chi connectivity index (χ1n) is 12.3. The van der Waals surface area contributed by atoms with Crippen LogP contribution in [-0.4, -0.2) is 34.0 Å². The molecule has 1 aliphatic rings. The van der Waals surface area contributed by atoms with E-state index in [9.17, 15) is 14.0 Å².